The smallest absolute Gasteiger partial charge is 0.238 e. The van der Waals surface area contributed by atoms with E-state index in [-0.39, 0.29) is 5.91 Å². The Hall–Kier alpha value is -3.50. The summed E-state index contributed by atoms with van der Waals surface area (Å²) in [5.41, 5.74) is 12.5. The van der Waals surface area contributed by atoms with Crippen LogP contribution in [0.25, 0.3) is 22.0 Å². The van der Waals surface area contributed by atoms with E-state index in [4.69, 9.17) is 10.7 Å². The maximum absolute atomic E-state index is 12.7. The van der Waals surface area contributed by atoms with Crippen LogP contribution in [-0.4, -0.2) is 10.9 Å². The van der Waals surface area contributed by atoms with E-state index in [1.54, 1.807) is 0 Å². The number of pyridine rings is 1. The number of rotatable bonds is 3. The standard InChI is InChI=1S/C24H19N3O/c25-14-15-4-3-6-17(12-15)18-9-10-21-19(13-18)23(24(28)27-21)22-11-8-16-5-1-2-7-20(16)26-22/h1-13,23H,14,25H2,(H,27,28). The number of aromatic nitrogens is 1. The van der Waals surface area contributed by atoms with Gasteiger partial charge in [0.15, 0.2) is 0 Å². The summed E-state index contributed by atoms with van der Waals surface area (Å²) in [6, 6.07) is 26.2. The molecule has 1 aliphatic heterocycles. The van der Waals surface area contributed by atoms with Gasteiger partial charge in [0.1, 0.15) is 5.92 Å². The summed E-state index contributed by atoms with van der Waals surface area (Å²) in [6.07, 6.45) is 0. The van der Waals surface area contributed by atoms with Gasteiger partial charge in [0.2, 0.25) is 5.91 Å². The third-order valence-electron chi connectivity index (χ3n) is 5.29. The number of para-hydroxylation sites is 1. The van der Waals surface area contributed by atoms with Crippen LogP contribution in [0.5, 0.6) is 0 Å². The highest BCUT2D eigenvalue weighted by Gasteiger charge is 2.33. The molecule has 4 aromatic rings. The average molecular weight is 365 g/mol. The van der Waals surface area contributed by atoms with Crippen LogP contribution in [0.3, 0.4) is 0 Å². The first-order chi connectivity index (χ1) is 13.7. The van der Waals surface area contributed by atoms with E-state index < -0.39 is 5.92 Å². The van der Waals surface area contributed by atoms with Gasteiger partial charge in [-0.2, -0.15) is 0 Å². The quantitative estimate of drug-likeness (QED) is 0.564. The average Bonchev–Trinajstić information content (AvgIpc) is 3.08. The summed E-state index contributed by atoms with van der Waals surface area (Å²) >= 11 is 0. The number of nitrogens with one attached hydrogen (secondary N) is 1. The summed E-state index contributed by atoms with van der Waals surface area (Å²) in [7, 11) is 0. The molecule has 0 spiro atoms. The molecule has 5 rings (SSSR count). The molecule has 0 saturated carbocycles. The first kappa shape index (κ1) is 16.7. The minimum Gasteiger partial charge on any atom is -0.326 e. The Labute approximate surface area is 163 Å². The molecular weight excluding hydrogens is 346 g/mol. The highest BCUT2D eigenvalue weighted by Crippen LogP contribution is 2.39. The summed E-state index contributed by atoms with van der Waals surface area (Å²) in [6.45, 7) is 0.502. The second kappa shape index (κ2) is 6.59. The van der Waals surface area contributed by atoms with Gasteiger partial charge in [0, 0.05) is 17.6 Å². The Morgan fingerprint density at radius 1 is 0.893 bits per heavy atom. The van der Waals surface area contributed by atoms with Crippen LogP contribution in [0.15, 0.2) is 78.9 Å². The fourth-order valence-electron chi connectivity index (χ4n) is 3.86. The van der Waals surface area contributed by atoms with E-state index in [2.05, 4.69) is 23.5 Å². The van der Waals surface area contributed by atoms with Gasteiger partial charge < -0.3 is 11.1 Å². The molecule has 0 radical (unpaired) electrons. The van der Waals surface area contributed by atoms with Crippen molar-refractivity contribution in [3.05, 3.63) is 95.7 Å². The van der Waals surface area contributed by atoms with E-state index in [0.717, 1.165) is 44.5 Å². The van der Waals surface area contributed by atoms with Crippen molar-refractivity contribution in [1.82, 2.24) is 4.98 Å². The Balaban J connectivity index is 1.61. The summed E-state index contributed by atoms with van der Waals surface area (Å²) in [4.78, 5) is 17.5. The van der Waals surface area contributed by atoms with Crippen LogP contribution in [0, 0.1) is 0 Å². The molecular formula is C24H19N3O. The summed E-state index contributed by atoms with van der Waals surface area (Å²) in [5, 5.41) is 4.06. The molecule has 1 amide bonds. The van der Waals surface area contributed by atoms with Crippen molar-refractivity contribution in [2.24, 2.45) is 5.73 Å². The normalized spacial score (nSPS) is 15.5. The third kappa shape index (κ3) is 2.75. The van der Waals surface area contributed by atoms with Gasteiger partial charge in [-0.05, 0) is 52.6 Å². The fraction of sp³-hybridized carbons (Fsp3) is 0.0833. The zero-order valence-electron chi connectivity index (χ0n) is 15.2. The van der Waals surface area contributed by atoms with Gasteiger partial charge in [0.25, 0.3) is 0 Å². The van der Waals surface area contributed by atoms with Crippen LogP contribution in [0.1, 0.15) is 22.7 Å². The molecule has 3 aromatic carbocycles. The maximum Gasteiger partial charge on any atom is 0.238 e. The first-order valence-corrected chi connectivity index (χ1v) is 9.33. The monoisotopic (exact) mass is 365 g/mol. The number of nitrogens with two attached hydrogens (primary N) is 1. The molecule has 1 atom stereocenters. The lowest BCUT2D eigenvalue weighted by molar-refractivity contribution is -0.116. The lowest BCUT2D eigenvalue weighted by Crippen LogP contribution is -2.14. The van der Waals surface area contributed by atoms with Crippen molar-refractivity contribution in [1.29, 1.82) is 0 Å². The number of carbonyl (C=O) groups is 1. The molecule has 28 heavy (non-hydrogen) atoms. The molecule has 1 aromatic heterocycles. The predicted octanol–water partition coefficient (Wildman–Crippen LogP) is 4.44. The van der Waals surface area contributed by atoms with Crippen LogP contribution in [-0.2, 0) is 11.3 Å². The highest BCUT2D eigenvalue weighted by atomic mass is 16.2. The van der Waals surface area contributed by atoms with Gasteiger partial charge in [-0.25, -0.2) is 0 Å². The van der Waals surface area contributed by atoms with Crippen LogP contribution >= 0.6 is 0 Å². The van der Waals surface area contributed by atoms with Crippen LogP contribution < -0.4 is 11.1 Å². The van der Waals surface area contributed by atoms with Gasteiger partial charge in [-0.15, -0.1) is 0 Å². The largest absolute Gasteiger partial charge is 0.326 e. The van der Waals surface area contributed by atoms with E-state index in [1.807, 2.05) is 60.7 Å². The highest BCUT2D eigenvalue weighted by molar-refractivity contribution is 6.05. The number of benzene rings is 3. The van der Waals surface area contributed by atoms with Crippen molar-refractivity contribution in [2.75, 3.05) is 5.32 Å². The lowest BCUT2D eigenvalue weighted by atomic mass is 9.92. The molecule has 1 unspecified atom stereocenters. The summed E-state index contributed by atoms with van der Waals surface area (Å²) < 4.78 is 0. The number of fused-ring (bicyclic) bond motifs is 2. The number of anilines is 1. The number of hydrogen-bond acceptors (Lipinski definition) is 3. The van der Waals surface area contributed by atoms with E-state index >= 15 is 0 Å². The van der Waals surface area contributed by atoms with E-state index in [1.165, 1.54) is 0 Å². The second-order valence-electron chi connectivity index (χ2n) is 7.06. The summed E-state index contributed by atoms with van der Waals surface area (Å²) in [5.74, 6) is -0.442. The SMILES string of the molecule is NCc1cccc(-c2ccc3c(c2)C(c2ccc4ccccc4n2)C(=O)N3)c1. The van der Waals surface area contributed by atoms with Gasteiger partial charge in [-0.1, -0.05) is 48.5 Å². The number of hydrogen-bond donors (Lipinski definition) is 2. The minimum absolute atomic E-state index is 0.0364. The lowest BCUT2D eigenvalue weighted by Gasteiger charge is -2.11. The molecule has 4 nitrogen and oxygen atoms in total. The van der Waals surface area contributed by atoms with Gasteiger partial charge in [0.05, 0.1) is 11.2 Å². The number of amides is 1. The fourth-order valence-corrected chi connectivity index (χ4v) is 3.86. The molecule has 2 heterocycles. The third-order valence-corrected chi connectivity index (χ3v) is 5.29. The Morgan fingerprint density at radius 3 is 2.64 bits per heavy atom. The van der Waals surface area contributed by atoms with Crippen LogP contribution in [0.2, 0.25) is 0 Å². The number of nitrogens with zero attached hydrogens (tertiary/aromatic N) is 1. The second-order valence-corrected chi connectivity index (χ2v) is 7.06. The molecule has 0 bridgehead atoms. The van der Waals surface area contributed by atoms with E-state index in [9.17, 15) is 4.79 Å². The van der Waals surface area contributed by atoms with E-state index in [0.29, 0.717) is 6.54 Å². The minimum atomic E-state index is -0.405. The van der Waals surface area contributed by atoms with Gasteiger partial charge >= 0.3 is 0 Å². The molecule has 136 valence electrons. The van der Waals surface area contributed by atoms with Crippen molar-refractivity contribution >= 4 is 22.5 Å². The molecule has 1 aliphatic rings. The molecule has 0 fully saturated rings. The topological polar surface area (TPSA) is 68.0 Å². The Kier molecular flexibility index (Phi) is 3.92. The molecule has 0 aliphatic carbocycles. The molecule has 3 N–H and O–H groups in total. The van der Waals surface area contributed by atoms with Crippen molar-refractivity contribution in [3.63, 3.8) is 0 Å². The van der Waals surface area contributed by atoms with Crippen molar-refractivity contribution in [2.45, 2.75) is 12.5 Å². The van der Waals surface area contributed by atoms with Crippen molar-refractivity contribution < 1.29 is 4.79 Å². The van der Waals surface area contributed by atoms with Crippen molar-refractivity contribution in [3.8, 4) is 11.1 Å². The zero-order chi connectivity index (χ0) is 19.1. The van der Waals surface area contributed by atoms with Crippen LogP contribution in [0.4, 0.5) is 5.69 Å². The predicted molar refractivity (Wildman–Crippen MR) is 112 cm³/mol. The Bertz CT molecular complexity index is 1220. The number of carbonyl (C=O) groups excluding carboxylic acids is 1. The maximum atomic E-state index is 12.7. The molecule has 4 heteroatoms. The Morgan fingerprint density at radius 2 is 1.75 bits per heavy atom. The molecule has 0 saturated heterocycles. The first-order valence-electron chi connectivity index (χ1n) is 9.33. The van der Waals surface area contributed by atoms with Gasteiger partial charge in [-0.3, -0.25) is 9.78 Å². The zero-order valence-corrected chi connectivity index (χ0v) is 15.2.